The minimum atomic E-state index is 0.137. The van der Waals surface area contributed by atoms with Crippen molar-refractivity contribution in [1.29, 1.82) is 0 Å². The van der Waals surface area contributed by atoms with Gasteiger partial charge in [-0.1, -0.05) is 17.3 Å². The number of hydrogen-bond acceptors (Lipinski definition) is 7. The molecule has 1 aliphatic rings. The fraction of sp³-hybridized carbons (Fsp3) is 0.529. The van der Waals surface area contributed by atoms with Gasteiger partial charge in [0, 0.05) is 26.2 Å². The van der Waals surface area contributed by atoms with Crippen LogP contribution in [0, 0.1) is 0 Å². The van der Waals surface area contributed by atoms with Gasteiger partial charge >= 0.3 is 0 Å². The molecule has 2 heterocycles. The zero-order valence-electron chi connectivity index (χ0n) is 14.5. The fourth-order valence-corrected chi connectivity index (χ4v) is 2.68. The molecule has 1 unspecified atom stereocenters. The second-order valence-electron chi connectivity index (χ2n) is 6.31. The molecule has 0 radical (unpaired) electrons. The van der Waals surface area contributed by atoms with Crippen LogP contribution in [0.4, 0.5) is 0 Å². The van der Waals surface area contributed by atoms with Crippen LogP contribution < -0.4 is 10.1 Å². The molecule has 1 saturated heterocycles. The Morgan fingerprint density at radius 3 is 3.00 bits per heavy atom. The predicted octanol–water partition coefficient (Wildman–Crippen LogP) is 1.25. The summed E-state index contributed by atoms with van der Waals surface area (Å²) in [6.07, 6.45) is 0. The summed E-state index contributed by atoms with van der Waals surface area (Å²) in [7, 11) is 6.13. The van der Waals surface area contributed by atoms with Gasteiger partial charge in [-0.25, -0.2) is 0 Å². The summed E-state index contributed by atoms with van der Waals surface area (Å²) in [6, 6.07) is 7.92. The third-order valence-electron chi connectivity index (χ3n) is 4.16. The Labute approximate surface area is 142 Å². The number of para-hydroxylation sites is 1. The number of nitrogens with one attached hydrogen (secondary N) is 1. The number of ether oxygens (including phenoxy) is 1. The highest BCUT2D eigenvalue weighted by Crippen LogP contribution is 2.30. The Bertz CT molecular complexity index is 658. The summed E-state index contributed by atoms with van der Waals surface area (Å²) in [4.78, 5) is 8.93. The van der Waals surface area contributed by atoms with E-state index < -0.39 is 0 Å². The first-order chi connectivity index (χ1) is 11.6. The fourth-order valence-electron chi connectivity index (χ4n) is 2.68. The molecule has 2 aromatic rings. The molecule has 1 aromatic heterocycles. The molecule has 1 aromatic carbocycles. The van der Waals surface area contributed by atoms with Crippen LogP contribution in [0.1, 0.15) is 11.9 Å². The molecular formula is C17H25N5O2. The van der Waals surface area contributed by atoms with Gasteiger partial charge in [0.05, 0.1) is 11.6 Å². The maximum Gasteiger partial charge on any atom is 0.261 e. The number of piperazine rings is 1. The van der Waals surface area contributed by atoms with E-state index >= 15 is 0 Å². The summed E-state index contributed by atoms with van der Waals surface area (Å²) >= 11 is 0. The van der Waals surface area contributed by atoms with Crippen molar-refractivity contribution in [2.24, 2.45) is 0 Å². The molecule has 0 spiro atoms. The number of aromatic nitrogens is 2. The summed E-state index contributed by atoms with van der Waals surface area (Å²) in [5.74, 6) is 1.98. The van der Waals surface area contributed by atoms with Crippen molar-refractivity contribution in [3.05, 3.63) is 30.1 Å². The van der Waals surface area contributed by atoms with Gasteiger partial charge in [-0.15, -0.1) is 0 Å². The standard InChI is InChI=1S/C17H25N5O2/c1-21(2)10-11-23-15-7-5-4-6-13(15)17-19-16(20-24-17)14-12-18-8-9-22(14)3/h4-7,14,18H,8-12H2,1-3H3. The number of nitrogens with zero attached hydrogens (tertiary/aromatic N) is 4. The van der Waals surface area contributed by atoms with Crippen LogP contribution in [0.15, 0.2) is 28.8 Å². The number of hydrogen-bond donors (Lipinski definition) is 1. The third kappa shape index (κ3) is 3.92. The van der Waals surface area contributed by atoms with Crippen molar-refractivity contribution < 1.29 is 9.26 Å². The monoisotopic (exact) mass is 331 g/mol. The summed E-state index contributed by atoms with van der Waals surface area (Å²) in [5, 5.41) is 7.55. The van der Waals surface area contributed by atoms with Gasteiger partial charge in [0.2, 0.25) is 0 Å². The number of benzene rings is 1. The lowest BCUT2D eigenvalue weighted by Crippen LogP contribution is -2.44. The zero-order valence-corrected chi connectivity index (χ0v) is 14.5. The molecule has 0 aliphatic carbocycles. The lowest BCUT2D eigenvalue weighted by molar-refractivity contribution is 0.190. The van der Waals surface area contributed by atoms with Crippen LogP contribution in [0.3, 0.4) is 0 Å². The van der Waals surface area contributed by atoms with Crippen LogP contribution in [0.2, 0.25) is 0 Å². The van der Waals surface area contributed by atoms with Gasteiger partial charge in [0.25, 0.3) is 5.89 Å². The van der Waals surface area contributed by atoms with E-state index in [1.165, 1.54) is 0 Å². The highest BCUT2D eigenvalue weighted by molar-refractivity contribution is 5.62. The SMILES string of the molecule is CN(C)CCOc1ccccc1-c1nc(C2CNCCN2C)no1. The number of rotatable bonds is 6. The molecule has 24 heavy (non-hydrogen) atoms. The zero-order chi connectivity index (χ0) is 16.9. The van der Waals surface area contributed by atoms with E-state index in [0.717, 1.165) is 37.5 Å². The highest BCUT2D eigenvalue weighted by Gasteiger charge is 2.26. The van der Waals surface area contributed by atoms with Crippen molar-refractivity contribution in [2.45, 2.75) is 6.04 Å². The Morgan fingerprint density at radius 2 is 2.21 bits per heavy atom. The van der Waals surface area contributed by atoms with Gasteiger partial charge in [-0.3, -0.25) is 4.90 Å². The average Bonchev–Trinajstić information content (AvgIpc) is 3.05. The molecule has 3 rings (SSSR count). The molecule has 1 atom stereocenters. The van der Waals surface area contributed by atoms with Crippen LogP contribution in [-0.4, -0.2) is 73.9 Å². The largest absolute Gasteiger partial charge is 0.491 e. The van der Waals surface area contributed by atoms with Crippen molar-refractivity contribution >= 4 is 0 Å². The Kier molecular flexibility index (Phi) is 5.44. The van der Waals surface area contributed by atoms with Crippen LogP contribution >= 0.6 is 0 Å². The molecular weight excluding hydrogens is 306 g/mol. The lowest BCUT2D eigenvalue weighted by Gasteiger charge is -2.30. The Morgan fingerprint density at radius 1 is 1.38 bits per heavy atom. The van der Waals surface area contributed by atoms with Crippen LogP contribution in [-0.2, 0) is 0 Å². The smallest absolute Gasteiger partial charge is 0.261 e. The molecule has 1 aliphatic heterocycles. The normalized spacial score (nSPS) is 18.9. The maximum atomic E-state index is 5.89. The predicted molar refractivity (Wildman–Crippen MR) is 92.0 cm³/mol. The second kappa shape index (κ2) is 7.74. The van der Waals surface area contributed by atoms with E-state index in [1.807, 2.05) is 38.4 Å². The first kappa shape index (κ1) is 16.9. The van der Waals surface area contributed by atoms with E-state index in [-0.39, 0.29) is 6.04 Å². The maximum absolute atomic E-state index is 5.89. The van der Waals surface area contributed by atoms with E-state index in [0.29, 0.717) is 18.3 Å². The third-order valence-corrected chi connectivity index (χ3v) is 4.16. The van der Waals surface area contributed by atoms with E-state index in [2.05, 4.69) is 32.3 Å². The van der Waals surface area contributed by atoms with Crippen molar-refractivity contribution in [2.75, 3.05) is 53.9 Å². The average molecular weight is 331 g/mol. The van der Waals surface area contributed by atoms with Crippen molar-refractivity contribution in [1.82, 2.24) is 25.3 Å². The lowest BCUT2D eigenvalue weighted by atomic mass is 10.2. The second-order valence-corrected chi connectivity index (χ2v) is 6.31. The van der Waals surface area contributed by atoms with Gasteiger partial charge in [0.1, 0.15) is 12.4 Å². The van der Waals surface area contributed by atoms with Gasteiger partial charge < -0.3 is 19.5 Å². The summed E-state index contributed by atoms with van der Waals surface area (Å²) in [6.45, 7) is 4.25. The molecule has 1 fully saturated rings. The van der Waals surface area contributed by atoms with Crippen molar-refractivity contribution in [3.8, 4) is 17.2 Å². The van der Waals surface area contributed by atoms with Crippen molar-refractivity contribution in [3.63, 3.8) is 0 Å². The first-order valence-electron chi connectivity index (χ1n) is 8.26. The van der Waals surface area contributed by atoms with E-state index in [4.69, 9.17) is 9.26 Å². The van der Waals surface area contributed by atoms with E-state index in [1.54, 1.807) is 0 Å². The molecule has 7 nitrogen and oxygen atoms in total. The van der Waals surface area contributed by atoms with Crippen LogP contribution in [0.25, 0.3) is 11.5 Å². The van der Waals surface area contributed by atoms with Gasteiger partial charge in [-0.2, -0.15) is 4.98 Å². The molecule has 0 amide bonds. The van der Waals surface area contributed by atoms with Gasteiger partial charge in [0.15, 0.2) is 5.82 Å². The molecule has 1 N–H and O–H groups in total. The molecule has 0 saturated carbocycles. The minimum absolute atomic E-state index is 0.137. The first-order valence-corrected chi connectivity index (χ1v) is 8.26. The molecule has 130 valence electrons. The number of likely N-dealkylation sites (N-methyl/N-ethyl adjacent to an activating group) is 2. The minimum Gasteiger partial charge on any atom is -0.491 e. The molecule has 7 heteroatoms. The summed E-state index contributed by atoms with van der Waals surface area (Å²) < 4.78 is 11.4. The quantitative estimate of drug-likeness (QED) is 0.854. The molecule has 0 bridgehead atoms. The van der Waals surface area contributed by atoms with Gasteiger partial charge in [-0.05, 0) is 33.3 Å². The Hall–Kier alpha value is -1.96. The van der Waals surface area contributed by atoms with E-state index in [9.17, 15) is 0 Å². The topological polar surface area (TPSA) is 66.7 Å². The van der Waals surface area contributed by atoms with Crippen LogP contribution in [0.5, 0.6) is 5.75 Å². The Balaban J connectivity index is 1.77. The summed E-state index contributed by atoms with van der Waals surface area (Å²) in [5.41, 5.74) is 0.835. The highest BCUT2D eigenvalue weighted by atomic mass is 16.5.